The van der Waals surface area contributed by atoms with Crippen LogP contribution in [0.15, 0.2) is 64.5 Å². The molecule has 1 aromatic heterocycles. The fourth-order valence-corrected chi connectivity index (χ4v) is 4.69. The van der Waals surface area contributed by atoms with Crippen molar-refractivity contribution in [3.63, 3.8) is 0 Å². The molecule has 0 aliphatic carbocycles. The molecule has 4 rings (SSSR count). The van der Waals surface area contributed by atoms with Gasteiger partial charge in [0.15, 0.2) is 5.13 Å². The first-order chi connectivity index (χ1) is 13.3. The van der Waals surface area contributed by atoms with E-state index in [4.69, 9.17) is 4.98 Å². The van der Waals surface area contributed by atoms with Crippen molar-refractivity contribution in [2.45, 2.75) is 0 Å². The maximum atomic E-state index is 4.88. The second kappa shape index (κ2) is 8.71. The zero-order valence-electron chi connectivity index (χ0n) is 14.9. The molecule has 0 saturated carbocycles. The Bertz CT molecular complexity index is 936. The monoisotopic (exact) mass is 437 g/mol. The van der Waals surface area contributed by atoms with E-state index < -0.39 is 0 Å². The Morgan fingerprint density at radius 2 is 1.59 bits per heavy atom. The van der Waals surface area contributed by atoms with Crippen LogP contribution in [0.5, 0.6) is 0 Å². The first kappa shape index (κ1) is 18.2. The highest BCUT2D eigenvalue weighted by Crippen LogP contribution is 2.37. The van der Waals surface area contributed by atoms with Crippen LogP contribution in [-0.2, 0) is 0 Å². The second-order valence-electron chi connectivity index (χ2n) is 6.42. The van der Waals surface area contributed by atoms with Crippen LogP contribution >= 0.6 is 27.3 Å². The fraction of sp³-hybridized carbons (Fsp3) is 0.227. The topological polar surface area (TPSA) is 19.4 Å². The Morgan fingerprint density at radius 3 is 2.30 bits per heavy atom. The van der Waals surface area contributed by atoms with Crippen LogP contribution in [0.3, 0.4) is 0 Å². The molecule has 0 amide bonds. The first-order valence-electron chi connectivity index (χ1n) is 9.02. The molecule has 5 heteroatoms. The Kier molecular flexibility index (Phi) is 5.88. The van der Waals surface area contributed by atoms with E-state index in [0.29, 0.717) is 0 Å². The van der Waals surface area contributed by atoms with E-state index in [1.54, 1.807) is 11.3 Å². The number of benzene rings is 2. The third-order valence-electron chi connectivity index (χ3n) is 4.57. The third-order valence-corrected chi connectivity index (χ3v) is 6.34. The minimum atomic E-state index is 0.819. The second-order valence-corrected chi connectivity index (χ2v) is 8.71. The molecule has 1 aliphatic heterocycles. The van der Waals surface area contributed by atoms with Gasteiger partial charge in [-0.15, -0.1) is 0 Å². The summed E-state index contributed by atoms with van der Waals surface area (Å²) in [7, 11) is 0. The lowest BCUT2D eigenvalue weighted by atomic mass is 10.2. The number of nitrogens with zero attached hydrogens (tertiary/aromatic N) is 3. The van der Waals surface area contributed by atoms with Crippen molar-refractivity contribution in [2.75, 3.05) is 37.6 Å². The van der Waals surface area contributed by atoms with Gasteiger partial charge >= 0.3 is 0 Å². The van der Waals surface area contributed by atoms with E-state index in [0.717, 1.165) is 58.5 Å². The summed E-state index contributed by atoms with van der Waals surface area (Å²) in [4.78, 5) is 9.67. The highest BCUT2D eigenvalue weighted by atomic mass is 79.9. The molecule has 3 nitrogen and oxygen atoms in total. The van der Waals surface area contributed by atoms with Crippen molar-refractivity contribution in [3.8, 4) is 23.1 Å². The predicted octanol–water partition coefficient (Wildman–Crippen LogP) is 4.75. The van der Waals surface area contributed by atoms with E-state index in [-0.39, 0.29) is 0 Å². The van der Waals surface area contributed by atoms with Gasteiger partial charge in [-0.05, 0) is 28.1 Å². The zero-order chi connectivity index (χ0) is 18.5. The van der Waals surface area contributed by atoms with Crippen LogP contribution in [0.2, 0.25) is 0 Å². The van der Waals surface area contributed by atoms with Crippen molar-refractivity contribution in [1.82, 2.24) is 9.88 Å². The molecule has 1 fully saturated rings. The van der Waals surface area contributed by atoms with Crippen LogP contribution < -0.4 is 4.90 Å². The SMILES string of the molecule is Brc1sc(N2CCN(CC#Cc3ccccc3)CC2)nc1-c1ccccc1. The average Bonchev–Trinajstić information content (AvgIpc) is 3.12. The summed E-state index contributed by atoms with van der Waals surface area (Å²) in [5, 5.41) is 1.09. The number of halogens is 1. The van der Waals surface area contributed by atoms with Gasteiger partial charge in [0.1, 0.15) is 0 Å². The molecule has 2 heterocycles. The van der Waals surface area contributed by atoms with Gasteiger partial charge in [0, 0.05) is 37.3 Å². The summed E-state index contributed by atoms with van der Waals surface area (Å²) in [6.07, 6.45) is 0. The van der Waals surface area contributed by atoms with Crippen LogP contribution in [0.4, 0.5) is 5.13 Å². The van der Waals surface area contributed by atoms with Gasteiger partial charge in [0.05, 0.1) is 16.0 Å². The molecule has 1 aliphatic rings. The summed E-state index contributed by atoms with van der Waals surface area (Å²) < 4.78 is 1.10. The van der Waals surface area contributed by atoms with Gasteiger partial charge in [-0.2, -0.15) is 0 Å². The quantitative estimate of drug-likeness (QED) is 0.551. The molecular formula is C22H20BrN3S. The van der Waals surface area contributed by atoms with Crippen molar-refractivity contribution >= 4 is 32.4 Å². The van der Waals surface area contributed by atoms with Crippen molar-refractivity contribution in [2.24, 2.45) is 0 Å². The van der Waals surface area contributed by atoms with Gasteiger partial charge in [-0.3, -0.25) is 4.90 Å². The standard InChI is InChI=1S/C22H20BrN3S/c23-21-20(19-11-5-2-6-12-19)24-22(27-21)26-16-14-25(15-17-26)13-7-10-18-8-3-1-4-9-18/h1-6,8-9,11-12H,13-17H2. The number of anilines is 1. The number of hydrogen-bond acceptors (Lipinski definition) is 4. The van der Waals surface area contributed by atoms with E-state index in [9.17, 15) is 0 Å². The van der Waals surface area contributed by atoms with Crippen LogP contribution in [0.1, 0.15) is 5.56 Å². The molecule has 0 spiro atoms. The summed E-state index contributed by atoms with van der Waals surface area (Å²) in [6.45, 7) is 4.82. The fourth-order valence-electron chi connectivity index (χ4n) is 3.07. The zero-order valence-corrected chi connectivity index (χ0v) is 17.3. The molecular weight excluding hydrogens is 418 g/mol. The van der Waals surface area contributed by atoms with E-state index in [1.807, 2.05) is 24.3 Å². The maximum Gasteiger partial charge on any atom is 0.187 e. The number of hydrogen-bond donors (Lipinski definition) is 0. The molecule has 3 aromatic rings. The lowest BCUT2D eigenvalue weighted by Crippen LogP contribution is -2.46. The lowest BCUT2D eigenvalue weighted by molar-refractivity contribution is 0.288. The minimum Gasteiger partial charge on any atom is -0.345 e. The Morgan fingerprint density at radius 1 is 0.926 bits per heavy atom. The van der Waals surface area contributed by atoms with Crippen LogP contribution in [0.25, 0.3) is 11.3 Å². The summed E-state index contributed by atoms with van der Waals surface area (Å²) in [5.41, 5.74) is 3.27. The average molecular weight is 438 g/mol. The first-order valence-corrected chi connectivity index (χ1v) is 10.6. The molecule has 0 radical (unpaired) electrons. The molecule has 0 bridgehead atoms. The molecule has 136 valence electrons. The summed E-state index contributed by atoms with van der Waals surface area (Å²) in [6, 6.07) is 20.5. The number of thiazole rings is 1. The van der Waals surface area contributed by atoms with Gasteiger partial charge < -0.3 is 4.90 Å². The number of piperazine rings is 1. The number of rotatable bonds is 3. The van der Waals surface area contributed by atoms with E-state index in [1.165, 1.54) is 0 Å². The largest absolute Gasteiger partial charge is 0.345 e. The van der Waals surface area contributed by atoms with E-state index in [2.05, 4.69) is 74.0 Å². The molecule has 0 atom stereocenters. The number of aromatic nitrogens is 1. The smallest absolute Gasteiger partial charge is 0.187 e. The van der Waals surface area contributed by atoms with Gasteiger partial charge in [-0.25, -0.2) is 4.98 Å². The van der Waals surface area contributed by atoms with Crippen LogP contribution in [-0.4, -0.2) is 42.6 Å². The summed E-state index contributed by atoms with van der Waals surface area (Å²) >= 11 is 5.41. The maximum absolute atomic E-state index is 4.88. The van der Waals surface area contributed by atoms with Crippen molar-refractivity contribution in [3.05, 3.63) is 70.0 Å². The van der Waals surface area contributed by atoms with Gasteiger partial charge in [-0.1, -0.05) is 71.7 Å². The summed E-state index contributed by atoms with van der Waals surface area (Å²) in [5.74, 6) is 6.54. The lowest BCUT2D eigenvalue weighted by Gasteiger charge is -2.33. The van der Waals surface area contributed by atoms with E-state index >= 15 is 0 Å². The Balaban J connectivity index is 1.35. The Labute approximate surface area is 172 Å². The highest BCUT2D eigenvalue weighted by molar-refractivity contribution is 9.11. The molecule has 0 unspecified atom stereocenters. The molecule has 27 heavy (non-hydrogen) atoms. The minimum absolute atomic E-state index is 0.819. The third kappa shape index (κ3) is 4.59. The van der Waals surface area contributed by atoms with Crippen LogP contribution in [0, 0.1) is 11.8 Å². The van der Waals surface area contributed by atoms with Crippen molar-refractivity contribution < 1.29 is 0 Å². The van der Waals surface area contributed by atoms with Gasteiger partial charge in [0.25, 0.3) is 0 Å². The van der Waals surface area contributed by atoms with Gasteiger partial charge in [0.2, 0.25) is 0 Å². The van der Waals surface area contributed by atoms with Crippen molar-refractivity contribution in [1.29, 1.82) is 0 Å². The molecule has 2 aromatic carbocycles. The predicted molar refractivity (Wildman–Crippen MR) is 117 cm³/mol. The highest BCUT2D eigenvalue weighted by Gasteiger charge is 2.21. The normalized spacial score (nSPS) is 14.6. The molecule has 1 saturated heterocycles. The Hall–Kier alpha value is -2.13. The molecule has 0 N–H and O–H groups in total.